The minimum Gasteiger partial charge on any atom is -0.478 e. The largest absolute Gasteiger partial charge is 0.478 e. The van der Waals surface area contributed by atoms with Crippen LogP contribution in [0.3, 0.4) is 0 Å². The molecule has 0 aliphatic heterocycles. The predicted octanol–water partition coefficient (Wildman–Crippen LogP) is 4.39. The minimum atomic E-state index is -1.08. The first-order valence-electron chi connectivity index (χ1n) is 7.73. The highest BCUT2D eigenvalue weighted by atomic mass is 16.4. The average molecular weight is 284 g/mol. The van der Waals surface area contributed by atoms with Crippen LogP contribution in [-0.2, 0) is 9.59 Å². The molecule has 0 spiro atoms. The number of rotatable bonds is 12. The Balaban J connectivity index is 4.63. The Kier molecular flexibility index (Phi) is 10.7. The molecule has 0 unspecified atom stereocenters. The van der Waals surface area contributed by atoms with Crippen LogP contribution in [0.25, 0.3) is 0 Å². The molecular weight excluding hydrogens is 256 g/mol. The Bertz CT molecular complexity index is 331. The van der Waals surface area contributed by atoms with E-state index in [1.54, 1.807) is 0 Å². The zero-order valence-corrected chi connectivity index (χ0v) is 12.8. The molecule has 0 saturated carbocycles. The third kappa shape index (κ3) is 7.97. The van der Waals surface area contributed by atoms with Crippen molar-refractivity contribution in [3.63, 3.8) is 0 Å². The normalized spacial score (nSPS) is 12.1. The Labute approximate surface area is 121 Å². The molecule has 0 aromatic heterocycles. The van der Waals surface area contributed by atoms with Crippen molar-refractivity contribution in [1.82, 2.24) is 0 Å². The fourth-order valence-corrected chi connectivity index (χ4v) is 2.23. The van der Waals surface area contributed by atoms with Crippen molar-refractivity contribution in [2.75, 3.05) is 0 Å². The predicted molar refractivity (Wildman–Crippen MR) is 79.8 cm³/mol. The van der Waals surface area contributed by atoms with Crippen LogP contribution in [0.15, 0.2) is 11.1 Å². The summed E-state index contributed by atoms with van der Waals surface area (Å²) in [5.74, 6) is -2.15. The van der Waals surface area contributed by atoms with Crippen molar-refractivity contribution in [3.8, 4) is 0 Å². The summed E-state index contributed by atoms with van der Waals surface area (Å²) in [7, 11) is 0. The minimum absolute atomic E-state index is 0.0986. The maximum Gasteiger partial charge on any atom is 0.332 e. The van der Waals surface area contributed by atoms with Crippen molar-refractivity contribution >= 4 is 11.9 Å². The van der Waals surface area contributed by atoms with E-state index >= 15 is 0 Å². The van der Waals surface area contributed by atoms with Crippen molar-refractivity contribution in [3.05, 3.63) is 11.1 Å². The van der Waals surface area contributed by atoms with Crippen molar-refractivity contribution in [2.45, 2.75) is 78.1 Å². The molecule has 0 aliphatic carbocycles. The smallest absolute Gasteiger partial charge is 0.332 e. The summed E-state index contributed by atoms with van der Waals surface area (Å²) in [6, 6.07) is 0. The lowest BCUT2D eigenvalue weighted by atomic mass is 9.97. The fraction of sp³-hybridized carbons (Fsp3) is 0.750. The van der Waals surface area contributed by atoms with Crippen LogP contribution in [0.4, 0.5) is 0 Å². The fourth-order valence-electron chi connectivity index (χ4n) is 2.23. The molecule has 0 saturated heterocycles. The van der Waals surface area contributed by atoms with E-state index in [2.05, 4.69) is 6.92 Å². The second-order valence-electron chi connectivity index (χ2n) is 5.19. The maximum absolute atomic E-state index is 11.3. The number of carboxylic acid groups (broad SMARTS) is 2. The van der Waals surface area contributed by atoms with Crippen LogP contribution >= 0.6 is 0 Å². The summed E-state index contributed by atoms with van der Waals surface area (Å²) >= 11 is 0. The highest BCUT2D eigenvalue weighted by Gasteiger charge is 2.19. The van der Waals surface area contributed by atoms with Gasteiger partial charge in [-0.05, 0) is 25.7 Å². The number of hydrogen-bond acceptors (Lipinski definition) is 2. The molecule has 0 bridgehead atoms. The van der Waals surface area contributed by atoms with E-state index in [1.807, 2.05) is 6.92 Å². The van der Waals surface area contributed by atoms with E-state index in [-0.39, 0.29) is 11.1 Å². The van der Waals surface area contributed by atoms with Crippen LogP contribution in [0, 0.1) is 0 Å². The lowest BCUT2D eigenvalue weighted by molar-refractivity contribution is -0.136. The molecule has 0 heterocycles. The first-order valence-corrected chi connectivity index (χ1v) is 7.73. The topological polar surface area (TPSA) is 74.6 Å². The van der Waals surface area contributed by atoms with Gasteiger partial charge in [0.2, 0.25) is 0 Å². The summed E-state index contributed by atoms with van der Waals surface area (Å²) in [4.78, 5) is 22.5. The Morgan fingerprint density at radius 2 is 1.00 bits per heavy atom. The number of unbranched alkanes of at least 4 members (excludes halogenated alkanes) is 6. The molecule has 0 rings (SSSR count). The van der Waals surface area contributed by atoms with Crippen LogP contribution < -0.4 is 0 Å². The van der Waals surface area contributed by atoms with Gasteiger partial charge in [-0.3, -0.25) is 0 Å². The van der Waals surface area contributed by atoms with Crippen LogP contribution in [0.2, 0.25) is 0 Å². The maximum atomic E-state index is 11.3. The van der Waals surface area contributed by atoms with Gasteiger partial charge in [0.1, 0.15) is 0 Å². The van der Waals surface area contributed by atoms with Gasteiger partial charge in [0.15, 0.2) is 0 Å². The average Bonchev–Trinajstić information content (AvgIpc) is 2.39. The number of aliphatic carboxylic acids is 2. The summed E-state index contributed by atoms with van der Waals surface area (Å²) in [5.41, 5.74) is 0.201. The van der Waals surface area contributed by atoms with E-state index < -0.39 is 11.9 Å². The van der Waals surface area contributed by atoms with Crippen LogP contribution in [-0.4, -0.2) is 22.2 Å². The van der Waals surface area contributed by atoms with Crippen LogP contribution in [0.5, 0.6) is 0 Å². The third-order valence-corrected chi connectivity index (χ3v) is 3.44. The van der Waals surface area contributed by atoms with E-state index in [1.165, 1.54) is 0 Å². The van der Waals surface area contributed by atoms with E-state index in [0.717, 1.165) is 51.4 Å². The highest BCUT2D eigenvalue weighted by Crippen LogP contribution is 2.20. The highest BCUT2D eigenvalue weighted by molar-refractivity contribution is 5.98. The van der Waals surface area contributed by atoms with Gasteiger partial charge in [0, 0.05) is 11.1 Å². The van der Waals surface area contributed by atoms with Gasteiger partial charge in [0.25, 0.3) is 0 Å². The van der Waals surface area contributed by atoms with Gasteiger partial charge < -0.3 is 10.2 Å². The molecule has 0 radical (unpaired) electrons. The summed E-state index contributed by atoms with van der Waals surface area (Å²) < 4.78 is 0. The zero-order valence-electron chi connectivity index (χ0n) is 12.8. The third-order valence-electron chi connectivity index (χ3n) is 3.44. The second kappa shape index (κ2) is 11.5. The molecule has 0 fully saturated rings. The molecular formula is C16H28O4. The molecule has 0 aromatic rings. The SMILES string of the molecule is CCCCCCCC(C(=O)O)=C(CCCCC)C(=O)O. The summed E-state index contributed by atoms with van der Waals surface area (Å²) in [6.45, 7) is 4.16. The van der Waals surface area contributed by atoms with Gasteiger partial charge >= 0.3 is 11.9 Å². The van der Waals surface area contributed by atoms with Gasteiger partial charge in [-0.25, -0.2) is 9.59 Å². The summed E-state index contributed by atoms with van der Waals surface area (Å²) in [5, 5.41) is 18.4. The van der Waals surface area contributed by atoms with Gasteiger partial charge in [0.05, 0.1) is 0 Å². The molecule has 0 aliphatic rings. The van der Waals surface area contributed by atoms with Crippen LogP contribution in [0.1, 0.15) is 78.1 Å². The second-order valence-corrected chi connectivity index (χ2v) is 5.19. The lowest BCUT2D eigenvalue weighted by Crippen LogP contribution is -2.12. The Morgan fingerprint density at radius 1 is 0.650 bits per heavy atom. The molecule has 2 N–H and O–H groups in total. The zero-order chi connectivity index (χ0) is 15.4. The lowest BCUT2D eigenvalue weighted by Gasteiger charge is -2.09. The quantitative estimate of drug-likeness (QED) is 0.411. The first kappa shape index (κ1) is 18.7. The standard InChI is InChI=1S/C16H28O4/c1-3-5-7-8-10-12-14(16(19)20)13(15(17)18)11-9-6-4-2/h3-12H2,1-2H3,(H,17,18)(H,19,20). The molecule has 4 nitrogen and oxygen atoms in total. The van der Waals surface area contributed by atoms with E-state index in [0.29, 0.717) is 12.8 Å². The van der Waals surface area contributed by atoms with Crippen molar-refractivity contribution in [2.24, 2.45) is 0 Å². The van der Waals surface area contributed by atoms with Crippen molar-refractivity contribution < 1.29 is 19.8 Å². The number of carbonyl (C=O) groups is 2. The van der Waals surface area contributed by atoms with Gasteiger partial charge in [-0.15, -0.1) is 0 Å². The van der Waals surface area contributed by atoms with Gasteiger partial charge in [-0.2, -0.15) is 0 Å². The van der Waals surface area contributed by atoms with Crippen molar-refractivity contribution in [1.29, 1.82) is 0 Å². The molecule has 116 valence electrons. The molecule has 4 heteroatoms. The summed E-state index contributed by atoms with van der Waals surface area (Å²) in [6.07, 6.45) is 8.48. The first-order chi connectivity index (χ1) is 9.54. The Hall–Kier alpha value is -1.32. The monoisotopic (exact) mass is 284 g/mol. The van der Waals surface area contributed by atoms with Gasteiger partial charge in [-0.1, -0.05) is 52.4 Å². The number of carboxylic acids is 2. The molecule has 0 atom stereocenters. The van der Waals surface area contributed by atoms with E-state index in [4.69, 9.17) is 0 Å². The molecule has 20 heavy (non-hydrogen) atoms. The Morgan fingerprint density at radius 3 is 1.40 bits per heavy atom. The number of hydrogen-bond donors (Lipinski definition) is 2. The molecule has 0 amide bonds. The van der Waals surface area contributed by atoms with E-state index in [9.17, 15) is 19.8 Å². The molecule has 0 aromatic carbocycles.